The van der Waals surface area contributed by atoms with Crippen LogP contribution in [0.15, 0.2) is 28.7 Å². The first-order chi connectivity index (χ1) is 8.06. The minimum absolute atomic E-state index is 0.0464. The van der Waals surface area contributed by atoms with E-state index in [9.17, 15) is 9.59 Å². The van der Waals surface area contributed by atoms with Gasteiger partial charge < -0.3 is 5.32 Å². The van der Waals surface area contributed by atoms with Gasteiger partial charge in [0.05, 0.1) is 5.25 Å². The third kappa shape index (κ3) is 3.14. The SMILES string of the molecule is O=C(CC1SC(=S)NC1=O)c1ccc(Br)cc1. The molecule has 1 unspecified atom stereocenters. The summed E-state index contributed by atoms with van der Waals surface area (Å²) < 4.78 is 1.37. The summed E-state index contributed by atoms with van der Waals surface area (Å²) in [7, 11) is 0. The minimum Gasteiger partial charge on any atom is -0.311 e. The van der Waals surface area contributed by atoms with Gasteiger partial charge in [-0.1, -0.05) is 52.0 Å². The van der Waals surface area contributed by atoms with Crippen LogP contribution in [0.25, 0.3) is 0 Å². The van der Waals surface area contributed by atoms with Crippen LogP contribution >= 0.6 is 39.9 Å². The number of thioether (sulfide) groups is 1. The van der Waals surface area contributed by atoms with Crippen molar-refractivity contribution in [3.8, 4) is 0 Å². The number of nitrogens with one attached hydrogen (secondary N) is 1. The normalized spacial score (nSPS) is 19.2. The van der Waals surface area contributed by atoms with Crippen LogP contribution in [0.4, 0.5) is 0 Å². The van der Waals surface area contributed by atoms with Crippen molar-refractivity contribution in [2.75, 3.05) is 0 Å². The molecule has 0 spiro atoms. The standard InChI is InChI=1S/C11H8BrNO2S2/c12-7-3-1-6(2-4-7)8(14)5-9-10(15)13-11(16)17-9/h1-4,9H,5H2,(H,13,15,16). The van der Waals surface area contributed by atoms with Crippen molar-refractivity contribution in [2.24, 2.45) is 0 Å². The largest absolute Gasteiger partial charge is 0.311 e. The summed E-state index contributed by atoms with van der Waals surface area (Å²) >= 11 is 9.42. The molecule has 88 valence electrons. The monoisotopic (exact) mass is 329 g/mol. The van der Waals surface area contributed by atoms with E-state index < -0.39 is 5.25 Å². The van der Waals surface area contributed by atoms with Crippen LogP contribution in [0.5, 0.6) is 0 Å². The third-order valence-electron chi connectivity index (χ3n) is 2.30. The molecule has 1 aromatic carbocycles. The fraction of sp³-hybridized carbons (Fsp3) is 0.182. The summed E-state index contributed by atoms with van der Waals surface area (Å²) in [4.78, 5) is 23.3. The van der Waals surface area contributed by atoms with Crippen LogP contribution in [0.3, 0.4) is 0 Å². The zero-order valence-corrected chi connectivity index (χ0v) is 11.8. The quantitative estimate of drug-likeness (QED) is 0.683. The molecule has 1 aliphatic rings. The lowest BCUT2D eigenvalue weighted by molar-refractivity contribution is -0.118. The lowest BCUT2D eigenvalue weighted by Crippen LogP contribution is -2.25. The van der Waals surface area contributed by atoms with Crippen LogP contribution < -0.4 is 5.32 Å². The highest BCUT2D eigenvalue weighted by atomic mass is 79.9. The number of carbonyl (C=O) groups excluding carboxylic acids is 2. The zero-order chi connectivity index (χ0) is 12.4. The topological polar surface area (TPSA) is 46.2 Å². The molecule has 1 amide bonds. The molecule has 1 N–H and O–H groups in total. The van der Waals surface area contributed by atoms with Crippen molar-refractivity contribution < 1.29 is 9.59 Å². The smallest absolute Gasteiger partial charge is 0.239 e. The molecule has 6 heteroatoms. The van der Waals surface area contributed by atoms with Gasteiger partial charge in [0.25, 0.3) is 0 Å². The second-order valence-electron chi connectivity index (χ2n) is 3.52. The highest BCUT2D eigenvalue weighted by Crippen LogP contribution is 2.24. The van der Waals surface area contributed by atoms with E-state index >= 15 is 0 Å². The maximum Gasteiger partial charge on any atom is 0.239 e. The molecule has 0 radical (unpaired) electrons. The Kier molecular flexibility index (Phi) is 3.96. The van der Waals surface area contributed by atoms with E-state index in [1.165, 1.54) is 11.8 Å². The van der Waals surface area contributed by atoms with Gasteiger partial charge in [0, 0.05) is 16.5 Å². The molecule has 0 saturated carbocycles. The molecule has 1 heterocycles. The number of hydrogen-bond donors (Lipinski definition) is 1. The summed E-state index contributed by atoms with van der Waals surface area (Å²) in [5.74, 6) is -0.222. The first-order valence-corrected chi connectivity index (χ1v) is 6.94. The van der Waals surface area contributed by atoms with E-state index in [4.69, 9.17) is 12.2 Å². The fourth-order valence-electron chi connectivity index (χ4n) is 1.45. The number of halogens is 1. The van der Waals surface area contributed by atoms with Gasteiger partial charge >= 0.3 is 0 Å². The predicted octanol–water partition coefficient (Wildman–Crippen LogP) is 2.54. The zero-order valence-electron chi connectivity index (χ0n) is 8.60. The molecule has 1 aromatic rings. The number of thiocarbonyl (C=S) groups is 1. The first-order valence-electron chi connectivity index (χ1n) is 4.86. The van der Waals surface area contributed by atoms with E-state index in [2.05, 4.69) is 21.2 Å². The van der Waals surface area contributed by atoms with Gasteiger partial charge in [0.1, 0.15) is 4.32 Å². The van der Waals surface area contributed by atoms with Gasteiger partial charge in [-0.15, -0.1) is 0 Å². The van der Waals surface area contributed by atoms with Crippen molar-refractivity contribution in [1.82, 2.24) is 5.32 Å². The number of rotatable bonds is 3. The van der Waals surface area contributed by atoms with Gasteiger partial charge in [0.2, 0.25) is 5.91 Å². The number of Topliss-reactive ketones (excluding diaryl/α,β-unsaturated/α-hetero) is 1. The Morgan fingerprint density at radius 1 is 1.41 bits per heavy atom. The molecule has 0 aromatic heterocycles. The Morgan fingerprint density at radius 3 is 2.59 bits per heavy atom. The van der Waals surface area contributed by atoms with E-state index in [1.54, 1.807) is 24.3 Å². The van der Waals surface area contributed by atoms with Gasteiger partial charge in [-0.2, -0.15) is 0 Å². The van der Waals surface area contributed by atoms with Crippen LogP contribution in [0.2, 0.25) is 0 Å². The molecule has 3 nitrogen and oxygen atoms in total. The van der Waals surface area contributed by atoms with Crippen molar-refractivity contribution in [2.45, 2.75) is 11.7 Å². The molecule has 1 aliphatic heterocycles. The Hall–Kier alpha value is -0.720. The average Bonchev–Trinajstić information content (AvgIpc) is 2.58. The van der Waals surface area contributed by atoms with Crippen LogP contribution in [-0.4, -0.2) is 21.3 Å². The number of benzene rings is 1. The molecule has 2 rings (SSSR count). The Labute approximate surface area is 116 Å². The molecular weight excluding hydrogens is 322 g/mol. The van der Waals surface area contributed by atoms with Gasteiger partial charge in [-0.3, -0.25) is 9.59 Å². The first kappa shape index (κ1) is 12.7. The number of ketones is 1. The van der Waals surface area contributed by atoms with E-state index in [0.29, 0.717) is 9.88 Å². The lowest BCUT2D eigenvalue weighted by atomic mass is 10.1. The number of carbonyl (C=O) groups is 2. The predicted molar refractivity (Wildman–Crippen MR) is 75.2 cm³/mol. The summed E-state index contributed by atoms with van der Waals surface area (Å²) in [5, 5.41) is 2.14. The minimum atomic E-state index is -0.390. The van der Waals surface area contributed by atoms with E-state index in [0.717, 1.165) is 4.47 Å². The van der Waals surface area contributed by atoms with Gasteiger partial charge in [-0.05, 0) is 12.1 Å². The van der Waals surface area contributed by atoms with Crippen molar-refractivity contribution in [1.29, 1.82) is 0 Å². The van der Waals surface area contributed by atoms with Crippen LogP contribution in [-0.2, 0) is 4.79 Å². The maximum absolute atomic E-state index is 11.9. The van der Waals surface area contributed by atoms with Crippen LogP contribution in [0.1, 0.15) is 16.8 Å². The molecule has 0 aliphatic carbocycles. The molecule has 1 saturated heterocycles. The van der Waals surface area contributed by atoms with Gasteiger partial charge in [-0.25, -0.2) is 0 Å². The summed E-state index contributed by atoms with van der Waals surface area (Å²) in [6.45, 7) is 0. The maximum atomic E-state index is 11.9. The lowest BCUT2D eigenvalue weighted by Gasteiger charge is -2.04. The average molecular weight is 330 g/mol. The highest BCUT2D eigenvalue weighted by molar-refractivity contribution is 9.10. The van der Waals surface area contributed by atoms with E-state index in [1.807, 2.05) is 0 Å². The Balaban J connectivity index is 2.04. The Morgan fingerprint density at radius 2 is 2.06 bits per heavy atom. The number of hydrogen-bond acceptors (Lipinski definition) is 4. The Bertz CT molecular complexity index is 487. The molecule has 0 bridgehead atoms. The third-order valence-corrected chi connectivity index (χ3v) is 4.20. The molecule has 1 atom stereocenters. The second-order valence-corrected chi connectivity index (χ2v) is 6.31. The van der Waals surface area contributed by atoms with Crippen molar-refractivity contribution in [3.63, 3.8) is 0 Å². The highest BCUT2D eigenvalue weighted by Gasteiger charge is 2.31. The van der Waals surface area contributed by atoms with E-state index in [-0.39, 0.29) is 18.1 Å². The second kappa shape index (κ2) is 5.29. The summed E-state index contributed by atoms with van der Waals surface area (Å²) in [6.07, 6.45) is 0.179. The van der Waals surface area contributed by atoms with Crippen LogP contribution in [0, 0.1) is 0 Å². The number of amides is 1. The molecule has 17 heavy (non-hydrogen) atoms. The summed E-state index contributed by atoms with van der Waals surface area (Å²) in [6, 6.07) is 7.09. The van der Waals surface area contributed by atoms with Crippen molar-refractivity contribution >= 4 is 55.9 Å². The molecular formula is C11H8BrNO2S2. The molecule has 1 fully saturated rings. The fourth-order valence-corrected chi connectivity index (χ4v) is 2.98. The summed E-state index contributed by atoms with van der Waals surface area (Å²) in [5.41, 5.74) is 0.611. The van der Waals surface area contributed by atoms with Gasteiger partial charge in [0.15, 0.2) is 5.78 Å². The van der Waals surface area contributed by atoms with Crippen molar-refractivity contribution in [3.05, 3.63) is 34.3 Å².